The van der Waals surface area contributed by atoms with Gasteiger partial charge < -0.3 is 5.32 Å². The number of fused-ring (bicyclic) bond motifs is 2. The minimum Gasteiger partial charge on any atom is -0.341 e. The molecule has 0 bridgehead atoms. The van der Waals surface area contributed by atoms with Gasteiger partial charge in [0.15, 0.2) is 0 Å². The van der Waals surface area contributed by atoms with E-state index in [4.69, 9.17) is 5.10 Å². The van der Waals surface area contributed by atoms with Crippen LogP contribution in [0.2, 0.25) is 0 Å². The summed E-state index contributed by atoms with van der Waals surface area (Å²) in [5, 5.41) is 8.16. The van der Waals surface area contributed by atoms with E-state index in [9.17, 15) is 4.79 Å². The number of hydrogen-bond donors (Lipinski definition) is 1. The lowest BCUT2D eigenvalue weighted by atomic mass is 9.84. The van der Waals surface area contributed by atoms with Crippen LogP contribution in [0.5, 0.6) is 0 Å². The Balaban J connectivity index is 1.06. The zero-order chi connectivity index (χ0) is 26.7. The standard InChI is InChI=1S/C32H27N7O/c40-29(37-32(14-15-32)27-5-1-2-16-34-27)22-8-6-21(7-9-22)26-19-35-30-36-20-28(39(30)38-26)31(12-13-31)24-10-11-25-23(18-24)4-3-17-33-25/h1-10,16-20,25H,11-15H2,(H,37,40). The Hall–Kier alpha value is -4.72. The van der Waals surface area contributed by atoms with Crippen molar-refractivity contribution in [3.63, 3.8) is 0 Å². The van der Waals surface area contributed by atoms with Crippen molar-refractivity contribution in [2.24, 2.45) is 4.99 Å². The number of carbonyl (C=O) groups excluding carboxylic acids is 1. The predicted octanol–water partition coefficient (Wildman–Crippen LogP) is 4.90. The first kappa shape index (κ1) is 23.2. The molecule has 196 valence electrons. The lowest BCUT2D eigenvalue weighted by Gasteiger charge is -2.25. The fraction of sp³-hybridized carbons (Fsp3) is 0.250. The lowest BCUT2D eigenvalue weighted by molar-refractivity contribution is 0.0930. The Morgan fingerprint density at radius 2 is 1.82 bits per heavy atom. The second-order valence-corrected chi connectivity index (χ2v) is 11.1. The van der Waals surface area contributed by atoms with Crippen molar-refractivity contribution in [1.29, 1.82) is 0 Å². The molecule has 40 heavy (non-hydrogen) atoms. The van der Waals surface area contributed by atoms with E-state index in [0.29, 0.717) is 11.3 Å². The molecule has 0 saturated heterocycles. The number of imidazole rings is 1. The Bertz CT molecular complexity index is 1770. The number of rotatable bonds is 6. The molecule has 4 aliphatic rings. The minimum atomic E-state index is -0.352. The molecule has 8 heteroatoms. The fourth-order valence-electron chi connectivity index (χ4n) is 6.01. The molecule has 3 aromatic heterocycles. The maximum Gasteiger partial charge on any atom is 0.252 e. The Kier molecular flexibility index (Phi) is 5.01. The maximum atomic E-state index is 13.1. The molecule has 2 saturated carbocycles. The van der Waals surface area contributed by atoms with Crippen LogP contribution in [0.1, 0.15) is 53.8 Å². The molecule has 2 fully saturated rings. The molecule has 4 heterocycles. The summed E-state index contributed by atoms with van der Waals surface area (Å²) in [6.07, 6.45) is 21.0. The molecule has 3 aliphatic carbocycles. The van der Waals surface area contributed by atoms with Gasteiger partial charge >= 0.3 is 0 Å². The van der Waals surface area contributed by atoms with E-state index < -0.39 is 0 Å². The molecule has 8 nitrogen and oxygen atoms in total. The molecular weight excluding hydrogens is 498 g/mol. The zero-order valence-electron chi connectivity index (χ0n) is 21.9. The molecule has 1 amide bonds. The van der Waals surface area contributed by atoms with Crippen LogP contribution in [-0.2, 0) is 11.0 Å². The van der Waals surface area contributed by atoms with Crippen LogP contribution >= 0.6 is 0 Å². The molecule has 1 atom stereocenters. The van der Waals surface area contributed by atoms with Crippen molar-refractivity contribution >= 4 is 17.9 Å². The number of aromatic nitrogens is 5. The molecule has 0 spiro atoms. The van der Waals surface area contributed by atoms with Crippen LogP contribution in [0.4, 0.5) is 0 Å². The van der Waals surface area contributed by atoms with Crippen LogP contribution < -0.4 is 5.32 Å². The van der Waals surface area contributed by atoms with Gasteiger partial charge in [-0.15, -0.1) is 0 Å². The number of pyridine rings is 1. The number of aliphatic imine (C=N–C) groups is 1. The summed E-state index contributed by atoms with van der Waals surface area (Å²) >= 11 is 0. The van der Waals surface area contributed by atoms with Crippen molar-refractivity contribution in [3.8, 4) is 11.3 Å². The van der Waals surface area contributed by atoms with Gasteiger partial charge in [-0.1, -0.05) is 36.4 Å². The van der Waals surface area contributed by atoms with Crippen LogP contribution in [0, 0.1) is 0 Å². The van der Waals surface area contributed by atoms with E-state index in [1.165, 1.54) is 11.1 Å². The number of nitrogens with one attached hydrogen (secondary N) is 1. The quantitative estimate of drug-likeness (QED) is 0.386. The predicted molar refractivity (Wildman–Crippen MR) is 152 cm³/mol. The molecule has 1 N–H and O–H groups in total. The van der Waals surface area contributed by atoms with Gasteiger partial charge in [0.1, 0.15) is 5.69 Å². The summed E-state index contributed by atoms with van der Waals surface area (Å²) in [5.74, 6) is 0.494. The fourth-order valence-corrected chi connectivity index (χ4v) is 6.01. The summed E-state index contributed by atoms with van der Waals surface area (Å²) < 4.78 is 1.90. The Morgan fingerprint density at radius 3 is 2.60 bits per heavy atom. The Morgan fingerprint density at radius 1 is 0.975 bits per heavy atom. The summed E-state index contributed by atoms with van der Waals surface area (Å²) in [6, 6.07) is 13.6. The van der Waals surface area contributed by atoms with E-state index in [0.717, 1.165) is 54.7 Å². The highest BCUT2D eigenvalue weighted by atomic mass is 16.1. The van der Waals surface area contributed by atoms with Crippen molar-refractivity contribution in [1.82, 2.24) is 29.9 Å². The average Bonchev–Trinajstić information content (AvgIpc) is 3.94. The second kappa shape index (κ2) is 8.64. The molecular formula is C32H27N7O. The third kappa shape index (κ3) is 3.74. The number of carbonyl (C=O) groups is 1. The van der Waals surface area contributed by atoms with Gasteiger partial charge in [-0.3, -0.25) is 14.8 Å². The number of allylic oxidation sites excluding steroid dienone is 3. The summed E-state index contributed by atoms with van der Waals surface area (Å²) in [7, 11) is 0. The maximum absolute atomic E-state index is 13.1. The lowest BCUT2D eigenvalue weighted by Crippen LogP contribution is -2.35. The zero-order valence-corrected chi connectivity index (χ0v) is 21.9. The van der Waals surface area contributed by atoms with Gasteiger partial charge in [-0.25, -0.2) is 9.97 Å². The van der Waals surface area contributed by atoms with Crippen molar-refractivity contribution in [3.05, 3.63) is 113 Å². The molecule has 1 unspecified atom stereocenters. The largest absolute Gasteiger partial charge is 0.341 e. The molecule has 8 rings (SSSR count). The minimum absolute atomic E-state index is 0.0893. The SMILES string of the molecule is O=C(NC1(c2ccccn2)CC1)c1ccc(-c2cnc3ncc(C4(C5=CCC6N=CC=CC6=C5)CC4)n3n2)cc1. The van der Waals surface area contributed by atoms with Gasteiger partial charge in [-0.2, -0.15) is 9.61 Å². The number of hydrogen-bond acceptors (Lipinski definition) is 6. The topological polar surface area (TPSA) is 97.4 Å². The first-order chi connectivity index (χ1) is 19.6. The van der Waals surface area contributed by atoms with Crippen LogP contribution in [-0.4, -0.2) is 42.7 Å². The number of nitrogens with zero attached hydrogens (tertiary/aromatic N) is 6. The van der Waals surface area contributed by atoms with Gasteiger partial charge in [0.2, 0.25) is 0 Å². The first-order valence-corrected chi connectivity index (χ1v) is 13.8. The summed E-state index contributed by atoms with van der Waals surface area (Å²) in [5.41, 5.74) is 6.38. The monoisotopic (exact) mass is 525 g/mol. The summed E-state index contributed by atoms with van der Waals surface area (Å²) in [4.78, 5) is 31.3. The van der Waals surface area contributed by atoms with Crippen LogP contribution in [0.3, 0.4) is 0 Å². The number of amides is 1. The van der Waals surface area contributed by atoms with Crippen molar-refractivity contribution in [2.75, 3.05) is 0 Å². The smallest absolute Gasteiger partial charge is 0.252 e. The first-order valence-electron chi connectivity index (χ1n) is 13.8. The normalized spacial score (nSPS) is 21.4. The van der Waals surface area contributed by atoms with Gasteiger partial charge in [0.25, 0.3) is 11.7 Å². The molecule has 1 aliphatic heterocycles. The highest BCUT2D eigenvalue weighted by Crippen LogP contribution is 2.55. The van der Waals surface area contributed by atoms with Gasteiger partial charge in [0, 0.05) is 29.0 Å². The molecule has 4 aromatic rings. The molecule has 1 aromatic carbocycles. The Labute approximate surface area is 231 Å². The third-order valence-corrected chi connectivity index (χ3v) is 8.63. The van der Waals surface area contributed by atoms with E-state index in [2.05, 4.69) is 43.5 Å². The summed E-state index contributed by atoms with van der Waals surface area (Å²) in [6.45, 7) is 0. The average molecular weight is 526 g/mol. The van der Waals surface area contributed by atoms with E-state index in [-0.39, 0.29) is 22.9 Å². The second-order valence-electron chi connectivity index (χ2n) is 11.1. The number of dihydropyridines is 1. The van der Waals surface area contributed by atoms with Gasteiger partial charge in [0.05, 0.1) is 35.4 Å². The van der Waals surface area contributed by atoms with Crippen molar-refractivity contribution in [2.45, 2.75) is 49.1 Å². The van der Waals surface area contributed by atoms with Crippen LogP contribution in [0.15, 0.2) is 101 Å². The van der Waals surface area contributed by atoms with Crippen LogP contribution in [0.25, 0.3) is 17.0 Å². The van der Waals surface area contributed by atoms with E-state index >= 15 is 0 Å². The van der Waals surface area contributed by atoms with E-state index in [1.54, 1.807) is 12.4 Å². The third-order valence-electron chi connectivity index (χ3n) is 8.63. The highest BCUT2D eigenvalue weighted by Gasteiger charge is 2.50. The number of benzene rings is 1. The highest BCUT2D eigenvalue weighted by molar-refractivity contribution is 5.95. The van der Waals surface area contributed by atoms with E-state index in [1.807, 2.05) is 65.5 Å². The van der Waals surface area contributed by atoms with Gasteiger partial charge in [-0.05, 0) is 73.6 Å². The van der Waals surface area contributed by atoms with Crippen molar-refractivity contribution < 1.29 is 4.79 Å². The molecule has 0 radical (unpaired) electrons.